The Morgan fingerprint density at radius 2 is 1.97 bits per heavy atom. The number of halogens is 1. The van der Waals surface area contributed by atoms with E-state index in [0.29, 0.717) is 12.3 Å². The summed E-state index contributed by atoms with van der Waals surface area (Å²) >= 11 is 3.70. The van der Waals surface area contributed by atoms with Crippen LogP contribution in [0, 0.1) is 5.92 Å². The lowest BCUT2D eigenvalue weighted by Crippen LogP contribution is -2.41. The number of para-hydroxylation sites is 2. The van der Waals surface area contributed by atoms with Crippen LogP contribution in [0.5, 0.6) is 11.5 Å². The van der Waals surface area contributed by atoms with Gasteiger partial charge >= 0.3 is 0 Å². The van der Waals surface area contributed by atoms with Gasteiger partial charge < -0.3 is 19.7 Å². The summed E-state index contributed by atoms with van der Waals surface area (Å²) in [7, 11) is 0. The van der Waals surface area contributed by atoms with Crippen LogP contribution < -0.4 is 14.8 Å². The van der Waals surface area contributed by atoms with Crippen molar-refractivity contribution in [1.82, 2.24) is 4.90 Å². The van der Waals surface area contributed by atoms with Gasteiger partial charge in [0.15, 0.2) is 6.10 Å². The molecule has 0 saturated carbocycles. The minimum absolute atomic E-state index is 0.0399. The largest absolute Gasteiger partial charge is 0.491 e. The van der Waals surface area contributed by atoms with Crippen LogP contribution in [-0.4, -0.2) is 42.6 Å². The lowest BCUT2D eigenvalue weighted by atomic mass is 9.90. The normalized spacial score (nSPS) is 19.6. The van der Waals surface area contributed by atoms with Crippen molar-refractivity contribution < 1.29 is 14.3 Å². The summed E-state index contributed by atoms with van der Waals surface area (Å²) in [4.78, 5) is 14.8. The first kappa shape index (κ1) is 22.2. The zero-order valence-corrected chi connectivity index (χ0v) is 19.9. The van der Waals surface area contributed by atoms with Crippen LogP contribution in [0.2, 0.25) is 0 Å². The Balaban J connectivity index is 1.25. The molecule has 166 valence electrons. The van der Waals surface area contributed by atoms with Crippen molar-refractivity contribution in [3.8, 4) is 11.5 Å². The number of anilines is 1. The average Bonchev–Trinajstić information content (AvgIpc) is 2.75. The molecule has 2 aromatic carbocycles. The highest BCUT2D eigenvalue weighted by molar-refractivity contribution is 9.10. The molecule has 1 fully saturated rings. The third-order valence-corrected chi connectivity index (χ3v) is 6.79. The van der Waals surface area contributed by atoms with Gasteiger partial charge in [0.05, 0.1) is 11.8 Å². The van der Waals surface area contributed by atoms with Gasteiger partial charge in [-0.25, -0.2) is 0 Å². The molecular weight excluding hydrogens is 456 g/mol. The van der Waals surface area contributed by atoms with Crippen molar-refractivity contribution in [2.75, 3.05) is 25.0 Å². The van der Waals surface area contributed by atoms with E-state index in [9.17, 15) is 4.79 Å². The summed E-state index contributed by atoms with van der Waals surface area (Å²) in [5.74, 6) is 2.34. The minimum Gasteiger partial charge on any atom is -0.491 e. The Morgan fingerprint density at radius 1 is 1.19 bits per heavy atom. The predicted octanol–water partition coefficient (Wildman–Crippen LogP) is 5.28. The topological polar surface area (TPSA) is 50.8 Å². The monoisotopic (exact) mass is 486 g/mol. The van der Waals surface area contributed by atoms with Gasteiger partial charge in [-0.1, -0.05) is 28.1 Å². The van der Waals surface area contributed by atoms with Crippen LogP contribution in [0.3, 0.4) is 0 Å². The smallest absolute Gasteiger partial charge is 0.265 e. The van der Waals surface area contributed by atoms with E-state index in [4.69, 9.17) is 9.47 Å². The molecule has 0 bridgehead atoms. The Labute approximate surface area is 193 Å². The molecule has 1 amide bonds. The van der Waals surface area contributed by atoms with Gasteiger partial charge in [-0.15, -0.1) is 0 Å². The molecule has 0 aliphatic carbocycles. The second-order valence-electron chi connectivity index (χ2n) is 8.79. The van der Waals surface area contributed by atoms with E-state index < -0.39 is 6.10 Å². The van der Waals surface area contributed by atoms with Crippen molar-refractivity contribution in [2.45, 2.75) is 51.7 Å². The number of hydrogen-bond donors (Lipinski definition) is 1. The van der Waals surface area contributed by atoms with E-state index in [1.807, 2.05) is 30.3 Å². The van der Waals surface area contributed by atoms with Gasteiger partial charge in [-0.2, -0.15) is 0 Å². The third-order valence-electron chi connectivity index (χ3n) is 6.02. The number of rotatable bonds is 7. The van der Waals surface area contributed by atoms with E-state index >= 15 is 0 Å². The number of carbonyl (C=O) groups is 1. The fourth-order valence-corrected chi connectivity index (χ4v) is 4.77. The van der Waals surface area contributed by atoms with E-state index in [2.05, 4.69) is 52.1 Å². The number of nitrogens with one attached hydrogen (secondary N) is 1. The van der Waals surface area contributed by atoms with Crippen molar-refractivity contribution in [1.29, 1.82) is 0 Å². The molecule has 1 atom stereocenters. The molecule has 4 rings (SSSR count). The molecule has 1 saturated heterocycles. The van der Waals surface area contributed by atoms with Crippen LogP contribution in [0.15, 0.2) is 46.9 Å². The highest BCUT2D eigenvalue weighted by atomic mass is 79.9. The first-order chi connectivity index (χ1) is 15.0. The van der Waals surface area contributed by atoms with Crippen LogP contribution in [0.4, 0.5) is 5.69 Å². The molecule has 0 radical (unpaired) electrons. The second kappa shape index (κ2) is 10.0. The molecule has 6 heteroatoms. The molecule has 0 spiro atoms. The van der Waals surface area contributed by atoms with Gasteiger partial charge in [0.25, 0.3) is 5.91 Å². The summed E-state index contributed by atoms with van der Waals surface area (Å²) < 4.78 is 13.0. The highest BCUT2D eigenvalue weighted by Gasteiger charge is 2.28. The fraction of sp³-hybridized carbons (Fsp3) is 0.480. The molecule has 2 aromatic rings. The standard InChI is InChI=1S/C25H31BrN2O3/c1-17(2)30-20-7-8-21(26)19(16-20)15-18-9-12-28(13-10-18)14-11-24-25(29)27-22-5-3-4-6-23(22)31-24/h3-8,16-18,24H,9-15H2,1-2H3,(H,27,29). The summed E-state index contributed by atoms with van der Waals surface area (Å²) in [6.07, 6.45) is 3.89. The highest BCUT2D eigenvalue weighted by Crippen LogP contribution is 2.31. The molecule has 5 nitrogen and oxygen atoms in total. The van der Waals surface area contributed by atoms with E-state index in [0.717, 1.165) is 47.7 Å². The van der Waals surface area contributed by atoms with E-state index in [1.54, 1.807) is 0 Å². The minimum atomic E-state index is -0.410. The third kappa shape index (κ3) is 5.80. The Morgan fingerprint density at radius 3 is 2.74 bits per heavy atom. The first-order valence-corrected chi connectivity index (χ1v) is 12.0. The first-order valence-electron chi connectivity index (χ1n) is 11.2. The summed E-state index contributed by atoms with van der Waals surface area (Å²) in [6, 6.07) is 13.9. The van der Waals surface area contributed by atoms with Crippen molar-refractivity contribution in [3.05, 3.63) is 52.5 Å². The van der Waals surface area contributed by atoms with Crippen LogP contribution >= 0.6 is 15.9 Å². The summed E-state index contributed by atoms with van der Waals surface area (Å²) in [5, 5.41) is 2.96. The number of fused-ring (bicyclic) bond motifs is 1. The fourth-order valence-electron chi connectivity index (χ4n) is 4.36. The number of nitrogens with zero attached hydrogens (tertiary/aromatic N) is 1. The van der Waals surface area contributed by atoms with E-state index in [1.165, 1.54) is 18.4 Å². The van der Waals surface area contributed by atoms with Gasteiger partial charge in [0, 0.05) is 17.4 Å². The quantitative estimate of drug-likeness (QED) is 0.578. The second-order valence-corrected chi connectivity index (χ2v) is 9.64. The van der Waals surface area contributed by atoms with Crippen molar-refractivity contribution >= 4 is 27.5 Å². The van der Waals surface area contributed by atoms with Crippen molar-refractivity contribution in [3.63, 3.8) is 0 Å². The molecule has 1 N–H and O–H groups in total. The van der Waals surface area contributed by atoms with Gasteiger partial charge in [0.2, 0.25) is 0 Å². The number of amides is 1. The average molecular weight is 487 g/mol. The SMILES string of the molecule is CC(C)Oc1ccc(Br)c(CC2CCN(CCC3Oc4ccccc4NC3=O)CC2)c1. The Hall–Kier alpha value is -2.05. The Bertz CT molecular complexity index is 909. The number of hydrogen-bond acceptors (Lipinski definition) is 4. The molecule has 2 aliphatic heterocycles. The lowest BCUT2D eigenvalue weighted by Gasteiger charge is -2.33. The predicted molar refractivity (Wildman–Crippen MR) is 127 cm³/mol. The molecule has 2 heterocycles. The number of carbonyl (C=O) groups excluding carboxylic acids is 1. The maximum atomic E-state index is 12.3. The van der Waals surface area contributed by atoms with Crippen LogP contribution in [-0.2, 0) is 11.2 Å². The lowest BCUT2D eigenvalue weighted by molar-refractivity contribution is -0.124. The van der Waals surface area contributed by atoms with Crippen LogP contribution in [0.1, 0.15) is 38.7 Å². The summed E-state index contributed by atoms with van der Waals surface area (Å²) in [6.45, 7) is 7.12. The van der Waals surface area contributed by atoms with Crippen molar-refractivity contribution in [2.24, 2.45) is 5.92 Å². The van der Waals surface area contributed by atoms with E-state index in [-0.39, 0.29) is 12.0 Å². The van der Waals surface area contributed by atoms with Crippen LogP contribution in [0.25, 0.3) is 0 Å². The van der Waals surface area contributed by atoms with Gasteiger partial charge in [-0.05, 0) is 88.0 Å². The Kier molecular flexibility index (Phi) is 7.18. The zero-order chi connectivity index (χ0) is 21.8. The zero-order valence-electron chi connectivity index (χ0n) is 18.3. The molecule has 2 aliphatic rings. The maximum Gasteiger partial charge on any atom is 0.265 e. The maximum absolute atomic E-state index is 12.3. The number of likely N-dealkylation sites (tertiary alicyclic amines) is 1. The molecule has 0 aromatic heterocycles. The van der Waals surface area contributed by atoms with Gasteiger partial charge in [-0.3, -0.25) is 4.79 Å². The number of piperidine rings is 1. The number of ether oxygens (including phenoxy) is 2. The molecule has 1 unspecified atom stereocenters. The molecular formula is C25H31BrN2O3. The number of benzene rings is 2. The molecule has 31 heavy (non-hydrogen) atoms. The van der Waals surface area contributed by atoms with Gasteiger partial charge in [0.1, 0.15) is 11.5 Å². The summed E-state index contributed by atoms with van der Waals surface area (Å²) in [5.41, 5.74) is 2.08.